The average molecular weight is 206 g/mol. The van der Waals surface area contributed by atoms with E-state index in [1.807, 2.05) is 0 Å². The van der Waals surface area contributed by atoms with Crippen molar-refractivity contribution < 1.29 is 13.2 Å². The first kappa shape index (κ1) is 12.1. The van der Waals surface area contributed by atoms with Gasteiger partial charge in [0.2, 0.25) is 15.9 Å². The second-order valence-electron chi connectivity index (χ2n) is 2.37. The Kier molecular flexibility index (Phi) is 5.33. The minimum atomic E-state index is -3.15. The summed E-state index contributed by atoms with van der Waals surface area (Å²) in [6, 6.07) is 0. The molecule has 0 aliphatic heterocycles. The summed E-state index contributed by atoms with van der Waals surface area (Å²) in [4.78, 5) is 10.6. The molecule has 0 spiro atoms. The first-order chi connectivity index (χ1) is 6.02. The van der Waals surface area contributed by atoms with Gasteiger partial charge in [0.25, 0.3) is 0 Å². The van der Waals surface area contributed by atoms with Crippen molar-refractivity contribution in [3.05, 3.63) is 12.7 Å². The van der Waals surface area contributed by atoms with E-state index >= 15 is 0 Å². The van der Waals surface area contributed by atoms with Crippen LogP contribution in [-0.4, -0.2) is 33.7 Å². The van der Waals surface area contributed by atoms with E-state index in [1.54, 1.807) is 0 Å². The molecule has 76 valence electrons. The molecule has 2 N–H and O–H groups in total. The number of hydrogen-bond acceptors (Lipinski definition) is 3. The zero-order valence-electron chi connectivity index (χ0n) is 7.54. The molecule has 0 saturated carbocycles. The number of carbonyl (C=O) groups excluding carboxylic acids is 1. The van der Waals surface area contributed by atoms with Crippen molar-refractivity contribution in [2.45, 2.75) is 6.42 Å². The molecule has 0 unspecified atom stereocenters. The summed E-state index contributed by atoms with van der Waals surface area (Å²) in [6.45, 7) is 3.60. The van der Waals surface area contributed by atoms with Crippen molar-refractivity contribution in [2.75, 3.05) is 19.3 Å². The lowest BCUT2D eigenvalue weighted by Crippen LogP contribution is -2.27. The Morgan fingerprint density at radius 2 is 2.15 bits per heavy atom. The summed E-state index contributed by atoms with van der Waals surface area (Å²) < 4.78 is 23.9. The first-order valence-electron chi connectivity index (χ1n) is 3.83. The van der Waals surface area contributed by atoms with Crippen molar-refractivity contribution in [2.24, 2.45) is 0 Å². The third-order valence-electron chi connectivity index (χ3n) is 1.39. The van der Waals surface area contributed by atoms with Crippen molar-refractivity contribution in [3.8, 4) is 0 Å². The molecule has 1 amide bonds. The molecule has 0 fully saturated rings. The fourth-order valence-electron chi connectivity index (χ4n) is 0.648. The van der Waals surface area contributed by atoms with Gasteiger partial charge in [0.15, 0.2) is 0 Å². The maximum Gasteiger partial charge on any atom is 0.243 e. The predicted octanol–water partition coefficient (Wildman–Crippen LogP) is -0.772. The van der Waals surface area contributed by atoms with Gasteiger partial charge in [-0.15, -0.1) is 0 Å². The zero-order chi connectivity index (χ0) is 10.3. The third kappa shape index (κ3) is 6.30. The van der Waals surface area contributed by atoms with E-state index in [1.165, 1.54) is 7.05 Å². The highest BCUT2D eigenvalue weighted by Crippen LogP contribution is 1.86. The van der Waals surface area contributed by atoms with Gasteiger partial charge in [0.05, 0.1) is 5.75 Å². The van der Waals surface area contributed by atoms with Crippen LogP contribution in [0.4, 0.5) is 0 Å². The summed E-state index contributed by atoms with van der Waals surface area (Å²) in [5.41, 5.74) is 0. The summed E-state index contributed by atoms with van der Waals surface area (Å²) in [5, 5.41) is 2.48. The minimum absolute atomic E-state index is 0.0148. The standard InChI is InChI=1S/C7H14N2O3S/c1-3-7(10)9-5-4-6-13(11,12)8-2/h3,8H,1,4-6H2,2H3,(H,9,10). The van der Waals surface area contributed by atoms with E-state index in [4.69, 9.17) is 0 Å². The van der Waals surface area contributed by atoms with E-state index in [9.17, 15) is 13.2 Å². The van der Waals surface area contributed by atoms with Crippen LogP contribution in [0.3, 0.4) is 0 Å². The Morgan fingerprint density at radius 1 is 1.54 bits per heavy atom. The lowest BCUT2D eigenvalue weighted by atomic mass is 10.4. The molecule has 0 aliphatic carbocycles. The van der Waals surface area contributed by atoms with Gasteiger partial charge in [-0.3, -0.25) is 4.79 Å². The summed E-state index contributed by atoms with van der Waals surface area (Å²) in [6.07, 6.45) is 1.54. The molecular weight excluding hydrogens is 192 g/mol. The number of rotatable bonds is 6. The van der Waals surface area contributed by atoms with Gasteiger partial charge in [-0.25, -0.2) is 13.1 Å². The normalized spacial score (nSPS) is 10.8. The average Bonchev–Trinajstić information content (AvgIpc) is 2.12. The summed E-state index contributed by atoms with van der Waals surface area (Å²) in [7, 11) is -1.79. The highest BCUT2D eigenvalue weighted by molar-refractivity contribution is 7.89. The van der Waals surface area contributed by atoms with Crippen LogP contribution >= 0.6 is 0 Å². The fourth-order valence-corrected chi connectivity index (χ4v) is 1.38. The fraction of sp³-hybridized carbons (Fsp3) is 0.571. The molecule has 0 heterocycles. The van der Waals surface area contributed by atoms with Crippen LogP contribution in [0.1, 0.15) is 6.42 Å². The molecule has 0 atom stereocenters. The first-order valence-corrected chi connectivity index (χ1v) is 5.48. The van der Waals surface area contributed by atoms with Crippen molar-refractivity contribution in [1.82, 2.24) is 10.0 Å². The van der Waals surface area contributed by atoms with Crippen molar-refractivity contribution in [1.29, 1.82) is 0 Å². The Labute approximate surface area is 78.3 Å². The molecule has 0 bridgehead atoms. The molecule has 0 radical (unpaired) electrons. The number of amides is 1. The monoisotopic (exact) mass is 206 g/mol. The van der Waals surface area contributed by atoms with E-state index in [0.717, 1.165) is 6.08 Å². The maximum atomic E-state index is 10.9. The topological polar surface area (TPSA) is 75.3 Å². The van der Waals surface area contributed by atoms with Gasteiger partial charge in [0.1, 0.15) is 0 Å². The molecule has 0 aromatic rings. The van der Waals surface area contributed by atoms with E-state index in [0.29, 0.717) is 13.0 Å². The van der Waals surface area contributed by atoms with Gasteiger partial charge < -0.3 is 5.32 Å². The van der Waals surface area contributed by atoms with Crippen LogP contribution in [-0.2, 0) is 14.8 Å². The van der Waals surface area contributed by atoms with Crippen molar-refractivity contribution in [3.63, 3.8) is 0 Å². The van der Waals surface area contributed by atoms with Crippen LogP contribution in [0.5, 0.6) is 0 Å². The Balaban J connectivity index is 3.58. The molecular formula is C7H14N2O3S. The molecule has 5 nitrogen and oxygen atoms in total. The largest absolute Gasteiger partial charge is 0.353 e. The number of hydrogen-bond donors (Lipinski definition) is 2. The molecule has 13 heavy (non-hydrogen) atoms. The number of nitrogens with one attached hydrogen (secondary N) is 2. The number of carbonyl (C=O) groups is 1. The summed E-state index contributed by atoms with van der Waals surface area (Å²) >= 11 is 0. The van der Waals surface area contributed by atoms with Crippen LogP contribution < -0.4 is 10.0 Å². The van der Waals surface area contributed by atoms with Crippen LogP contribution in [0.25, 0.3) is 0 Å². The Bertz CT molecular complexity index is 271. The van der Waals surface area contributed by atoms with Crippen molar-refractivity contribution >= 4 is 15.9 Å². The van der Waals surface area contributed by atoms with E-state index in [2.05, 4.69) is 16.6 Å². The Morgan fingerprint density at radius 3 is 2.62 bits per heavy atom. The summed E-state index contributed by atoms with van der Waals surface area (Å²) in [5.74, 6) is -0.275. The SMILES string of the molecule is C=CC(=O)NCCCS(=O)(=O)NC. The lowest BCUT2D eigenvalue weighted by molar-refractivity contribution is -0.116. The highest BCUT2D eigenvalue weighted by atomic mass is 32.2. The lowest BCUT2D eigenvalue weighted by Gasteiger charge is -2.02. The second kappa shape index (κ2) is 5.71. The zero-order valence-corrected chi connectivity index (χ0v) is 8.36. The van der Waals surface area contributed by atoms with Crippen LogP contribution in [0.15, 0.2) is 12.7 Å². The quantitative estimate of drug-likeness (QED) is 0.442. The smallest absolute Gasteiger partial charge is 0.243 e. The molecule has 0 aromatic carbocycles. The molecule has 0 aromatic heterocycles. The number of sulfonamides is 1. The van der Waals surface area contributed by atoms with Gasteiger partial charge in [-0.05, 0) is 19.5 Å². The second-order valence-corrected chi connectivity index (χ2v) is 4.42. The highest BCUT2D eigenvalue weighted by Gasteiger charge is 2.05. The predicted molar refractivity (Wildman–Crippen MR) is 50.7 cm³/mol. The third-order valence-corrected chi connectivity index (χ3v) is 2.83. The van der Waals surface area contributed by atoms with Gasteiger partial charge in [-0.2, -0.15) is 0 Å². The molecule has 0 saturated heterocycles. The van der Waals surface area contributed by atoms with Gasteiger partial charge in [-0.1, -0.05) is 6.58 Å². The Hall–Kier alpha value is -0.880. The molecule has 6 heteroatoms. The van der Waals surface area contributed by atoms with Crippen LogP contribution in [0.2, 0.25) is 0 Å². The molecule has 0 aliphatic rings. The minimum Gasteiger partial charge on any atom is -0.353 e. The van der Waals surface area contributed by atoms with Crippen LogP contribution in [0, 0.1) is 0 Å². The molecule has 0 rings (SSSR count). The van der Waals surface area contributed by atoms with Gasteiger partial charge in [0, 0.05) is 6.54 Å². The van der Waals surface area contributed by atoms with Gasteiger partial charge >= 0.3 is 0 Å². The van der Waals surface area contributed by atoms with E-state index < -0.39 is 10.0 Å². The van der Waals surface area contributed by atoms with E-state index in [-0.39, 0.29) is 11.7 Å². The maximum absolute atomic E-state index is 10.9.